The zero-order valence-electron chi connectivity index (χ0n) is 9.85. The van der Waals surface area contributed by atoms with Gasteiger partial charge in [0.15, 0.2) is 0 Å². The van der Waals surface area contributed by atoms with Crippen molar-refractivity contribution in [2.24, 2.45) is 0 Å². The summed E-state index contributed by atoms with van der Waals surface area (Å²) in [6, 6.07) is 17.1. The third-order valence-corrected chi connectivity index (χ3v) is 4.68. The van der Waals surface area contributed by atoms with E-state index in [9.17, 15) is 4.39 Å². The third kappa shape index (κ3) is 3.85. The van der Waals surface area contributed by atoms with Crippen molar-refractivity contribution in [3.05, 3.63) is 66.0 Å². The van der Waals surface area contributed by atoms with Gasteiger partial charge in [0.25, 0.3) is 0 Å². The Bertz CT molecular complexity index is 470. The van der Waals surface area contributed by atoms with Crippen LogP contribution in [0.15, 0.2) is 59.5 Å². The first-order valence-electron chi connectivity index (χ1n) is 5.79. The van der Waals surface area contributed by atoms with Crippen LogP contribution in [-0.2, 0) is 0 Å². The summed E-state index contributed by atoms with van der Waals surface area (Å²) in [4.78, 5) is 1.11. The van der Waals surface area contributed by atoms with Crippen LogP contribution in [0.25, 0.3) is 0 Å². The van der Waals surface area contributed by atoms with Crippen molar-refractivity contribution in [3.8, 4) is 0 Å². The molecular formula is C15H14BrFS. The molecular weight excluding hydrogens is 311 g/mol. The zero-order chi connectivity index (χ0) is 12.8. The molecule has 2 rings (SSSR count). The molecule has 0 heterocycles. The highest BCUT2D eigenvalue weighted by atomic mass is 79.9. The second-order valence-electron chi connectivity index (χ2n) is 4.03. The molecule has 0 spiro atoms. The monoisotopic (exact) mass is 324 g/mol. The van der Waals surface area contributed by atoms with Gasteiger partial charge in [-0.1, -0.05) is 46.3 Å². The van der Waals surface area contributed by atoms with Gasteiger partial charge < -0.3 is 0 Å². The molecule has 0 aliphatic rings. The minimum Gasteiger partial charge on any atom is -0.207 e. The van der Waals surface area contributed by atoms with Crippen molar-refractivity contribution in [3.63, 3.8) is 0 Å². The standard InChI is InChI=1S/C15H14BrFS/c16-10-13(12-4-2-1-3-5-12)11-18-15-8-6-14(17)7-9-15/h1-9,13H,10-11H2. The number of rotatable bonds is 5. The van der Waals surface area contributed by atoms with Gasteiger partial charge in [-0.05, 0) is 29.8 Å². The molecule has 0 bridgehead atoms. The first-order valence-corrected chi connectivity index (χ1v) is 7.89. The Balaban J connectivity index is 1.97. The van der Waals surface area contributed by atoms with E-state index in [1.54, 1.807) is 11.8 Å². The van der Waals surface area contributed by atoms with Crippen molar-refractivity contribution in [2.75, 3.05) is 11.1 Å². The van der Waals surface area contributed by atoms with Crippen LogP contribution in [0.5, 0.6) is 0 Å². The minimum absolute atomic E-state index is 0.181. The van der Waals surface area contributed by atoms with Crippen LogP contribution in [0, 0.1) is 5.82 Å². The average Bonchev–Trinajstić information content (AvgIpc) is 2.43. The molecule has 3 heteroatoms. The highest BCUT2D eigenvalue weighted by Crippen LogP contribution is 2.27. The van der Waals surface area contributed by atoms with Crippen molar-refractivity contribution in [1.82, 2.24) is 0 Å². The number of hydrogen-bond donors (Lipinski definition) is 0. The lowest BCUT2D eigenvalue weighted by atomic mass is 10.0. The Labute approximate surface area is 120 Å². The predicted molar refractivity (Wildman–Crippen MR) is 80.1 cm³/mol. The Morgan fingerprint density at radius 3 is 2.28 bits per heavy atom. The van der Waals surface area contributed by atoms with Crippen LogP contribution < -0.4 is 0 Å². The normalized spacial score (nSPS) is 12.3. The summed E-state index contributed by atoms with van der Waals surface area (Å²) in [6.45, 7) is 0. The largest absolute Gasteiger partial charge is 0.207 e. The lowest BCUT2D eigenvalue weighted by Crippen LogP contribution is -2.03. The smallest absolute Gasteiger partial charge is 0.123 e. The van der Waals surface area contributed by atoms with Crippen LogP contribution in [0.4, 0.5) is 4.39 Å². The molecule has 18 heavy (non-hydrogen) atoms. The van der Waals surface area contributed by atoms with Crippen molar-refractivity contribution >= 4 is 27.7 Å². The quantitative estimate of drug-likeness (QED) is 0.545. The number of thioether (sulfide) groups is 1. The van der Waals surface area contributed by atoms with Crippen molar-refractivity contribution in [1.29, 1.82) is 0 Å². The maximum atomic E-state index is 12.8. The number of alkyl halides is 1. The summed E-state index contributed by atoms with van der Waals surface area (Å²) >= 11 is 5.32. The molecule has 0 saturated heterocycles. The van der Waals surface area contributed by atoms with Gasteiger partial charge in [-0.2, -0.15) is 0 Å². The molecule has 0 aromatic heterocycles. The van der Waals surface area contributed by atoms with Gasteiger partial charge in [-0.25, -0.2) is 4.39 Å². The lowest BCUT2D eigenvalue weighted by molar-refractivity contribution is 0.626. The van der Waals surface area contributed by atoms with Crippen LogP contribution in [0.3, 0.4) is 0 Å². The topological polar surface area (TPSA) is 0 Å². The highest BCUT2D eigenvalue weighted by molar-refractivity contribution is 9.09. The third-order valence-electron chi connectivity index (χ3n) is 2.72. The molecule has 0 N–H and O–H groups in total. The lowest BCUT2D eigenvalue weighted by Gasteiger charge is -2.14. The average molecular weight is 325 g/mol. The first kappa shape index (κ1) is 13.6. The maximum absolute atomic E-state index is 12.8. The van der Waals surface area contributed by atoms with Gasteiger partial charge in [0.2, 0.25) is 0 Å². The molecule has 2 aromatic carbocycles. The number of halogens is 2. The number of hydrogen-bond acceptors (Lipinski definition) is 1. The van der Waals surface area contributed by atoms with E-state index in [1.807, 2.05) is 18.2 Å². The van der Waals surface area contributed by atoms with E-state index in [0.29, 0.717) is 5.92 Å². The van der Waals surface area contributed by atoms with Crippen LogP contribution in [0.1, 0.15) is 11.5 Å². The molecule has 0 radical (unpaired) electrons. The van der Waals surface area contributed by atoms with E-state index in [1.165, 1.54) is 17.7 Å². The van der Waals surface area contributed by atoms with Gasteiger partial charge in [-0.15, -0.1) is 11.8 Å². The Kier molecular flexibility index (Phi) is 5.26. The van der Waals surface area contributed by atoms with E-state index in [-0.39, 0.29) is 5.82 Å². The fourth-order valence-corrected chi connectivity index (χ4v) is 3.62. The molecule has 0 fully saturated rings. The van der Waals surface area contributed by atoms with Crippen LogP contribution in [0.2, 0.25) is 0 Å². The Morgan fingerprint density at radius 1 is 1.00 bits per heavy atom. The van der Waals surface area contributed by atoms with Crippen LogP contribution >= 0.6 is 27.7 Å². The summed E-state index contributed by atoms with van der Waals surface area (Å²) in [6.07, 6.45) is 0. The minimum atomic E-state index is -0.181. The fraction of sp³-hybridized carbons (Fsp3) is 0.200. The second-order valence-corrected chi connectivity index (χ2v) is 5.77. The van der Waals surface area contributed by atoms with Crippen molar-refractivity contribution in [2.45, 2.75) is 10.8 Å². The van der Waals surface area contributed by atoms with Gasteiger partial charge in [0.1, 0.15) is 5.82 Å². The summed E-state index contributed by atoms with van der Waals surface area (Å²) in [7, 11) is 0. The predicted octanol–water partition coefficient (Wildman–Crippen LogP) is 5.10. The summed E-state index contributed by atoms with van der Waals surface area (Å²) < 4.78 is 12.8. The Hall–Kier alpha value is -0.800. The molecule has 0 aliphatic heterocycles. The maximum Gasteiger partial charge on any atom is 0.123 e. The Morgan fingerprint density at radius 2 is 1.67 bits per heavy atom. The first-order chi connectivity index (χ1) is 8.79. The molecule has 0 saturated carbocycles. The fourth-order valence-electron chi connectivity index (χ4n) is 1.68. The van der Waals surface area contributed by atoms with Gasteiger partial charge in [0, 0.05) is 21.9 Å². The molecule has 1 atom stereocenters. The van der Waals surface area contributed by atoms with Gasteiger partial charge >= 0.3 is 0 Å². The van der Waals surface area contributed by atoms with E-state index in [4.69, 9.17) is 0 Å². The molecule has 0 amide bonds. The number of benzene rings is 2. The molecule has 2 aromatic rings. The molecule has 0 aliphatic carbocycles. The SMILES string of the molecule is Fc1ccc(SCC(CBr)c2ccccc2)cc1. The van der Waals surface area contributed by atoms with E-state index in [0.717, 1.165) is 16.0 Å². The summed E-state index contributed by atoms with van der Waals surface area (Å²) in [5.41, 5.74) is 1.34. The van der Waals surface area contributed by atoms with Gasteiger partial charge in [0.05, 0.1) is 0 Å². The van der Waals surface area contributed by atoms with E-state index in [2.05, 4.69) is 40.2 Å². The second kappa shape index (κ2) is 6.95. The van der Waals surface area contributed by atoms with Gasteiger partial charge in [-0.3, -0.25) is 0 Å². The highest BCUT2D eigenvalue weighted by Gasteiger charge is 2.10. The summed E-state index contributed by atoms with van der Waals surface area (Å²) in [5, 5.41) is 0.936. The molecule has 94 valence electrons. The summed E-state index contributed by atoms with van der Waals surface area (Å²) in [5.74, 6) is 1.28. The zero-order valence-corrected chi connectivity index (χ0v) is 12.3. The van der Waals surface area contributed by atoms with Crippen LogP contribution in [-0.4, -0.2) is 11.1 Å². The molecule has 0 nitrogen and oxygen atoms in total. The van der Waals surface area contributed by atoms with Crippen molar-refractivity contribution < 1.29 is 4.39 Å². The van der Waals surface area contributed by atoms with E-state index >= 15 is 0 Å². The molecule has 1 unspecified atom stereocenters. The van der Waals surface area contributed by atoms with E-state index < -0.39 is 0 Å².